The van der Waals surface area contributed by atoms with E-state index in [0.29, 0.717) is 44.0 Å². The van der Waals surface area contributed by atoms with Gasteiger partial charge in [-0.05, 0) is 75.1 Å². The third-order valence-electron chi connectivity index (χ3n) is 7.07. The van der Waals surface area contributed by atoms with Gasteiger partial charge in [0.1, 0.15) is 23.2 Å². The second kappa shape index (κ2) is 16.6. The zero-order chi connectivity index (χ0) is 33.2. The average molecular weight is 683 g/mol. The van der Waals surface area contributed by atoms with E-state index in [2.05, 4.69) is 0 Å². The van der Waals surface area contributed by atoms with E-state index < -0.39 is 28.5 Å². The number of ether oxygens (including phenoxy) is 1. The number of ketones is 1. The molecular weight excluding hydrogens is 648 g/mol. The Labute approximate surface area is 280 Å². The van der Waals surface area contributed by atoms with Crippen LogP contribution in [-0.4, -0.2) is 38.9 Å². The number of aromatic hydroxyl groups is 1. The van der Waals surface area contributed by atoms with E-state index in [1.165, 1.54) is 30.0 Å². The van der Waals surface area contributed by atoms with Gasteiger partial charge in [-0.25, -0.2) is 4.79 Å². The summed E-state index contributed by atoms with van der Waals surface area (Å²) >= 11 is 8.75. The van der Waals surface area contributed by atoms with Gasteiger partial charge in [0.05, 0.1) is 27.1 Å². The molecule has 0 aliphatic rings. The number of thiophene rings is 1. The summed E-state index contributed by atoms with van der Waals surface area (Å²) in [7, 11) is 0. The SMILES string of the molecule is CCCc1c(OCCCC/C=C\C=C\C(Sc2ccc3c(=O)cc(C(=O)O)oc3c2)C(O)c2ccc(Cl)s2)ccc(C(C)=O)c1O. The molecule has 8 nitrogen and oxygen atoms in total. The largest absolute Gasteiger partial charge is 0.507 e. The van der Waals surface area contributed by atoms with Crippen LogP contribution in [0.1, 0.15) is 77.0 Å². The van der Waals surface area contributed by atoms with E-state index in [-0.39, 0.29) is 22.5 Å². The Balaban J connectivity index is 1.37. The second-order valence-corrected chi connectivity index (χ2v) is 13.5. The number of Topliss-reactive ketones (excluding diaryl/α,β-unsaturated/α-hetero) is 1. The quantitative estimate of drug-likeness (QED) is 0.0459. The number of rotatable bonds is 16. The summed E-state index contributed by atoms with van der Waals surface area (Å²) in [6.45, 7) is 3.92. The molecular formula is C35H35ClO8S2. The molecule has 0 saturated heterocycles. The lowest BCUT2D eigenvalue weighted by Gasteiger charge is -2.18. The maximum absolute atomic E-state index is 12.3. The fourth-order valence-electron chi connectivity index (χ4n) is 4.75. The van der Waals surface area contributed by atoms with Crippen molar-refractivity contribution in [2.75, 3.05) is 6.61 Å². The van der Waals surface area contributed by atoms with E-state index >= 15 is 0 Å². The van der Waals surface area contributed by atoms with Crippen molar-refractivity contribution in [2.24, 2.45) is 0 Å². The van der Waals surface area contributed by atoms with Crippen molar-refractivity contribution in [3.8, 4) is 11.5 Å². The Hall–Kier alpha value is -3.83. The Morgan fingerprint density at radius 2 is 1.91 bits per heavy atom. The molecule has 2 aromatic heterocycles. The topological polar surface area (TPSA) is 134 Å². The van der Waals surface area contributed by atoms with Gasteiger partial charge in [0.2, 0.25) is 5.76 Å². The molecule has 242 valence electrons. The van der Waals surface area contributed by atoms with Crippen molar-refractivity contribution in [2.45, 2.75) is 62.2 Å². The number of carbonyl (C=O) groups is 2. The molecule has 2 atom stereocenters. The van der Waals surface area contributed by atoms with E-state index in [1.54, 1.807) is 42.5 Å². The first-order valence-electron chi connectivity index (χ1n) is 14.8. The van der Waals surface area contributed by atoms with Gasteiger partial charge in [-0.15, -0.1) is 23.1 Å². The molecule has 4 aromatic rings. The number of carboxylic acid groups (broad SMARTS) is 1. The number of aliphatic hydroxyl groups excluding tert-OH is 1. The number of aromatic carboxylic acids is 1. The molecule has 0 saturated carbocycles. The number of carbonyl (C=O) groups excluding carboxylic acids is 1. The first-order chi connectivity index (χ1) is 22.1. The number of allylic oxidation sites excluding steroid dienone is 3. The van der Waals surface area contributed by atoms with Crippen LogP contribution in [0.5, 0.6) is 11.5 Å². The van der Waals surface area contributed by atoms with Crippen LogP contribution in [0.25, 0.3) is 11.0 Å². The molecule has 0 amide bonds. The summed E-state index contributed by atoms with van der Waals surface area (Å²) < 4.78 is 11.9. The van der Waals surface area contributed by atoms with Gasteiger partial charge in [0.15, 0.2) is 11.2 Å². The normalized spacial score (nSPS) is 13.0. The van der Waals surface area contributed by atoms with Gasteiger partial charge >= 0.3 is 5.97 Å². The molecule has 2 heterocycles. The molecule has 3 N–H and O–H groups in total. The minimum atomic E-state index is -1.33. The highest BCUT2D eigenvalue weighted by atomic mass is 35.5. The summed E-state index contributed by atoms with van der Waals surface area (Å²) in [5.41, 5.74) is 0.682. The zero-order valence-corrected chi connectivity index (χ0v) is 27.8. The van der Waals surface area contributed by atoms with Crippen molar-refractivity contribution in [3.63, 3.8) is 0 Å². The molecule has 0 fully saturated rings. The van der Waals surface area contributed by atoms with Crippen LogP contribution in [0.2, 0.25) is 4.34 Å². The summed E-state index contributed by atoms with van der Waals surface area (Å²) in [6, 6.07) is 12.7. The number of halogens is 1. The Bertz CT molecular complexity index is 1810. The van der Waals surface area contributed by atoms with Crippen LogP contribution in [0.4, 0.5) is 0 Å². The monoisotopic (exact) mass is 682 g/mol. The van der Waals surface area contributed by atoms with Crippen LogP contribution in [-0.2, 0) is 6.42 Å². The lowest BCUT2D eigenvalue weighted by atomic mass is 10.0. The minimum absolute atomic E-state index is 0.00451. The third kappa shape index (κ3) is 9.13. The standard InChI is InChI=1S/C35H35ClO8S2/c1-3-10-25-27(15-14-23(21(2)37)33(25)39)43-18-9-7-5-4-6-8-11-30(34(40)31-16-17-32(36)46-31)45-22-12-13-24-26(38)20-29(35(41)42)44-28(24)19-22/h4,6,8,11-17,19-20,30,34,39-40H,3,5,7,9-10,18H2,1-2H3,(H,41,42)/b6-4-,11-8+. The third-order valence-corrected chi connectivity index (χ3v) is 9.59. The van der Waals surface area contributed by atoms with Crippen LogP contribution in [0.3, 0.4) is 0 Å². The van der Waals surface area contributed by atoms with Crippen molar-refractivity contribution < 1.29 is 34.1 Å². The molecule has 0 spiro atoms. The summed E-state index contributed by atoms with van der Waals surface area (Å²) in [6.07, 6.45) is 10.7. The van der Waals surface area contributed by atoms with E-state index in [1.807, 2.05) is 31.2 Å². The number of phenols is 1. The van der Waals surface area contributed by atoms with Crippen molar-refractivity contribution >= 4 is 57.4 Å². The summed E-state index contributed by atoms with van der Waals surface area (Å²) in [4.78, 5) is 36.9. The number of phenolic OH excluding ortho intramolecular Hbond substituents is 1. The number of hydrogen-bond acceptors (Lipinski definition) is 9. The zero-order valence-electron chi connectivity index (χ0n) is 25.4. The first-order valence-corrected chi connectivity index (χ1v) is 16.9. The maximum atomic E-state index is 12.3. The predicted molar refractivity (Wildman–Crippen MR) is 183 cm³/mol. The van der Waals surface area contributed by atoms with Gasteiger partial charge in [-0.2, -0.15) is 0 Å². The first kappa shape index (κ1) is 35.0. The smallest absolute Gasteiger partial charge is 0.371 e. The van der Waals surface area contributed by atoms with E-state index in [0.717, 1.165) is 31.7 Å². The highest BCUT2D eigenvalue weighted by Crippen LogP contribution is 2.38. The molecule has 11 heteroatoms. The number of aliphatic hydroxyl groups is 1. The average Bonchev–Trinajstić information content (AvgIpc) is 3.46. The van der Waals surface area contributed by atoms with E-state index in [4.69, 9.17) is 20.8 Å². The number of carboxylic acids is 1. The lowest BCUT2D eigenvalue weighted by Crippen LogP contribution is -2.11. The fourth-order valence-corrected chi connectivity index (χ4v) is 7.01. The lowest BCUT2D eigenvalue weighted by molar-refractivity contribution is 0.0662. The summed E-state index contributed by atoms with van der Waals surface area (Å²) in [5.74, 6) is -1.34. The van der Waals surface area contributed by atoms with Crippen LogP contribution in [0.15, 0.2) is 86.9 Å². The molecule has 0 aliphatic carbocycles. The molecule has 4 rings (SSSR count). The molecule has 0 radical (unpaired) electrons. The van der Waals surface area contributed by atoms with Crippen molar-refractivity contribution in [1.82, 2.24) is 0 Å². The van der Waals surface area contributed by atoms with Crippen LogP contribution >= 0.6 is 34.7 Å². The van der Waals surface area contributed by atoms with Crippen LogP contribution < -0.4 is 10.2 Å². The molecule has 2 aromatic carbocycles. The molecule has 0 bridgehead atoms. The number of hydrogen-bond donors (Lipinski definition) is 3. The number of thioether (sulfide) groups is 1. The minimum Gasteiger partial charge on any atom is -0.507 e. The van der Waals surface area contributed by atoms with Crippen LogP contribution in [0, 0.1) is 0 Å². The maximum Gasteiger partial charge on any atom is 0.371 e. The fraction of sp³-hybridized carbons (Fsp3) is 0.286. The highest BCUT2D eigenvalue weighted by Gasteiger charge is 2.22. The molecule has 2 unspecified atom stereocenters. The second-order valence-electron chi connectivity index (χ2n) is 10.5. The van der Waals surface area contributed by atoms with Gasteiger partial charge in [0, 0.05) is 21.4 Å². The number of unbranched alkanes of at least 4 members (excludes halogenated alkanes) is 2. The van der Waals surface area contributed by atoms with Crippen molar-refractivity contribution in [1.29, 1.82) is 0 Å². The highest BCUT2D eigenvalue weighted by molar-refractivity contribution is 8.00. The Morgan fingerprint density at radius 1 is 1.11 bits per heavy atom. The van der Waals surface area contributed by atoms with Crippen molar-refractivity contribution in [3.05, 3.63) is 109 Å². The summed E-state index contributed by atoms with van der Waals surface area (Å²) in [5, 5.41) is 30.8. The van der Waals surface area contributed by atoms with E-state index in [9.17, 15) is 29.7 Å². The van der Waals surface area contributed by atoms with Gasteiger partial charge < -0.3 is 24.5 Å². The number of fused-ring (bicyclic) bond motifs is 1. The van der Waals surface area contributed by atoms with Gasteiger partial charge in [-0.1, -0.05) is 49.2 Å². The Kier molecular flexibility index (Phi) is 12.7. The van der Waals surface area contributed by atoms with Gasteiger partial charge in [-0.3, -0.25) is 9.59 Å². The number of benzene rings is 2. The predicted octanol–water partition coefficient (Wildman–Crippen LogP) is 8.62. The van der Waals surface area contributed by atoms with Gasteiger partial charge in [0.25, 0.3) is 0 Å². The molecule has 0 aliphatic heterocycles. The molecule has 46 heavy (non-hydrogen) atoms. The Morgan fingerprint density at radius 3 is 2.61 bits per heavy atom.